The van der Waals surface area contributed by atoms with Crippen LogP contribution < -0.4 is 0 Å². The maximum atomic E-state index is 8.06. The largest absolute Gasteiger partial charge is 0.279 e. The SMILES string of the molecule is O=P.[Sb].[V]. The first-order valence-corrected chi connectivity index (χ1v) is 0.612. The summed E-state index contributed by atoms with van der Waals surface area (Å²) in [5.74, 6) is 0. The van der Waals surface area contributed by atoms with Crippen LogP contribution in [0.2, 0.25) is 0 Å². The van der Waals surface area contributed by atoms with Crippen LogP contribution >= 0.6 is 9.12 Å². The van der Waals surface area contributed by atoms with Crippen LogP contribution in [0, 0.1) is 0 Å². The van der Waals surface area contributed by atoms with Crippen molar-refractivity contribution < 1.29 is 23.1 Å². The van der Waals surface area contributed by atoms with Gasteiger partial charge in [-0.25, -0.2) is 0 Å². The van der Waals surface area contributed by atoms with Crippen molar-refractivity contribution in [1.29, 1.82) is 0 Å². The van der Waals surface area contributed by atoms with Crippen molar-refractivity contribution in [3.05, 3.63) is 0 Å². The summed E-state index contributed by atoms with van der Waals surface area (Å²) in [6.07, 6.45) is 0. The molecule has 0 fully saturated rings. The molecule has 4 radical (unpaired) electrons. The van der Waals surface area contributed by atoms with Gasteiger partial charge in [-0.1, -0.05) is 0 Å². The van der Waals surface area contributed by atoms with E-state index in [4.69, 9.17) is 4.57 Å². The standard InChI is InChI=1S/HOP.Sb.V/c1-2;;/h2H;;. The second kappa shape index (κ2) is 24.5. The van der Waals surface area contributed by atoms with E-state index in [1.54, 1.807) is 9.12 Å². The van der Waals surface area contributed by atoms with E-state index >= 15 is 0 Å². The number of rotatable bonds is 0. The Morgan fingerprint density at radius 3 is 1.25 bits per heavy atom. The molecule has 22 valence electrons. The zero-order valence-electron chi connectivity index (χ0n) is 1.80. The van der Waals surface area contributed by atoms with E-state index in [0.29, 0.717) is 0 Å². The molecule has 0 aromatic carbocycles. The summed E-state index contributed by atoms with van der Waals surface area (Å²) in [5.41, 5.74) is 0. The molecule has 0 atom stereocenters. The van der Waals surface area contributed by atoms with Crippen molar-refractivity contribution in [2.24, 2.45) is 0 Å². The van der Waals surface area contributed by atoms with Gasteiger partial charge >= 0.3 is 0 Å². The van der Waals surface area contributed by atoms with Crippen LogP contribution in [0.25, 0.3) is 0 Å². The Balaban J connectivity index is -0.00000000500. The molecule has 0 unspecified atom stereocenters. The van der Waals surface area contributed by atoms with Crippen LogP contribution in [-0.4, -0.2) is 24.4 Å². The first-order valence-electron chi connectivity index (χ1n) is 0.204. The Hall–Kier alpha value is 1.50. The molecule has 0 N–H and O–H groups in total. The van der Waals surface area contributed by atoms with Crippen LogP contribution in [0.15, 0.2) is 0 Å². The molecule has 0 aliphatic heterocycles. The van der Waals surface area contributed by atoms with Gasteiger partial charge in [0.25, 0.3) is 0 Å². The molecule has 0 saturated carbocycles. The second-order valence-electron chi connectivity index (χ2n) is 0. The van der Waals surface area contributed by atoms with Gasteiger partial charge in [-0.05, 0) is 0 Å². The van der Waals surface area contributed by atoms with Crippen molar-refractivity contribution in [3.8, 4) is 0 Å². The third kappa shape index (κ3) is 9.72. The molecule has 0 aromatic rings. The van der Waals surface area contributed by atoms with Gasteiger partial charge in [-0.2, -0.15) is 0 Å². The molecule has 4 heteroatoms. The number of hydrogen-bond donors (Lipinski definition) is 0. The maximum absolute atomic E-state index is 8.06. The van der Waals surface area contributed by atoms with Gasteiger partial charge in [0.05, 0.1) is 0 Å². The maximum Gasteiger partial charge on any atom is 0.138 e. The normalized spacial score (nSPS) is 1.00. The summed E-state index contributed by atoms with van der Waals surface area (Å²) in [6.45, 7) is 0. The fourth-order valence-electron chi connectivity index (χ4n) is 0. The van der Waals surface area contributed by atoms with Gasteiger partial charge in [-0.15, -0.1) is 0 Å². The molecule has 1 nitrogen and oxygen atoms in total. The van der Waals surface area contributed by atoms with E-state index in [1.807, 2.05) is 0 Å². The molecule has 0 rings (SSSR count). The molecule has 0 aromatic heterocycles. The molecule has 0 aliphatic carbocycles. The third-order valence-corrected chi connectivity index (χ3v) is 0. The van der Waals surface area contributed by atoms with E-state index in [0.717, 1.165) is 0 Å². The van der Waals surface area contributed by atoms with Crippen LogP contribution in [0.4, 0.5) is 0 Å². The summed E-state index contributed by atoms with van der Waals surface area (Å²) in [5, 5.41) is 0. The monoisotopic (exact) mass is 220 g/mol. The fourth-order valence-corrected chi connectivity index (χ4v) is 0. The van der Waals surface area contributed by atoms with Crippen molar-refractivity contribution in [1.82, 2.24) is 0 Å². The molecule has 0 spiro atoms. The molecule has 0 saturated heterocycles. The van der Waals surface area contributed by atoms with E-state index in [1.165, 1.54) is 0 Å². The summed E-state index contributed by atoms with van der Waals surface area (Å²) < 4.78 is 8.06. The Bertz CT molecular complexity index is 8.00. The van der Waals surface area contributed by atoms with Gasteiger partial charge in [0.1, 0.15) is 9.12 Å². The van der Waals surface area contributed by atoms with Gasteiger partial charge in [0.15, 0.2) is 0 Å². The smallest absolute Gasteiger partial charge is 0.138 e. The van der Waals surface area contributed by atoms with Crippen molar-refractivity contribution in [3.63, 3.8) is 0 Å². The first-order chi connectivity index (χ1) is 1.00. The Kier molecular flexibility index (Phi) is 109. The topological polar surface area (TPSA) is 17.1 Å². The Labute approximate surface area is 56.5 Å². The Morgan fingerprint density at radius 2 is 1.25 bits per heavy atom. The van der Waals surface area contributed by atoms with Gasteiger partial charge in [-0.3, -0.25) is 4.57 Å². The first kappa shape index (κ1) is 17.8. The predicted octanol–water partition coefficient (Wildman–Crippen LogP) is 0.0914. The second-order valence-corrected chi connectivity index (χ2v) is 0. The Morgan fingerprint density at radius 1 is 1.25 bits per heavy atom. The average Bonchev–Trinajstić information content (AvgIpc) is 1.00. The van der Waals surface area contributed by atoms with Gasteiger partial charge < -0.3 is 0 Å². The summed E-state index contributed by atoms with van der Waals surface area (Å²) in [7, 11) is 1.72. The fraction of sp³-hybridized carbons (Fsp3) is 0. The van der Waals surface area contributed by atoms with E-state index < -0.39 is 0 Å². The minimum absolute atomic E-state index is 0. The summed E-state index contributed by atoms with van der Waals surface area (Å²) in [4.78, 5) is 0. The third-order valence-electron chi connectivity index (χ3n) is 0. The van der Waals surface area contributed by atoms with Crippen molar-refractivity contribution in [2.45, 2.75) is 0 Å². The zero-order chi connectivity index (χ0) is 2.00. The molecular formula is HOPSbV. The molecule has 0 amide bonds. The minimum atomic E-state index is 0. The van der Waals surface area contributed by atoms with Crippen LogP contribution in [-0.2, 0) is 23.1 Å². The molecule has 0 heterocycles. The molecule has 4 heavy (non-hydrogen) atoms. The predicted molar refractivity (Wildman–Crippen MR) is 14.8 cm³/mol. The van der Waals surface area contributed by atoms with Crippen LogP contribution in [0.5, 0.6) is 0 Å². The quantitative estimate of drug-likeness (QED) is 0.418. The van der Waals surface area contributed by atoms with Crippen molar-refractivity contribution in [2.75, 3.05) is 0 Å². The zero-order valence-corrected chi connectivity index (χ0v) is 6.75. The minimum Gasteiger partial charge on any atom is -0.279 e. The summed E-state index contributed by atoms with van der Waals surface area (Å²) >= 11 is 0. The molecule has 0 bridgehead atoms. The van der Waals surface area contributed by atoms with Crippen LogP contribution in [0.1, 0.15) is 0 Å². The number of hydrogen-bond acceptors (Lipinski definition) is 1. The van der Waals surface area contributed by atoms with E-state index in [-0.39, 0.29) is 43.0 Å². The van der Waals surface area contributed by atoms with Crippen LogP contribution in [0.3, 0.4) is 0 Å². The van der Waals surface area contributed by atoms with E-state index in [2.05, 4.69) is 0 Å². The van der Waals surface area contributed by atoms with Crippen molar-refractivity contribution >= 4 is 33.5 Å². The van der Waals surface area contributed by atoms with Gasteiger partial charge in [0, 0.05) is 43.0 Å². The molecule has 0 aliphatic rings. The molecular weight excluding hydrogens is 220 g/mol. The average molecular weight is 221 g/mol. The van der Waals surface area contributed by atoms with E-state index in [9.17, 15) is 0 Å². The summed E-state index contributed by atoms with van der Waals surface area (Å²) in [6, 6.07) is 0. The van der Waals surface area contributed by atoms with Gasteiger partial charge in [0.2, 0.25) is 0 Å².